The van der Waals surface area contributed by atoms with E-state index in [1.165, 1.54) is 27.7 Å². The van der Waals surface area contributed by atoms with Crippen LogP contribution in [0.3, 0.4) is 0 Å². The molecule has 1 aliphatic carbocycles. The Morgan fingerprint density at radius 1 is 1.25 bits per heavy atom. The highest BCUT2D eigenvalue weighted by atomic mass is 33.1. The third-order valence-electron chi connectivity index (χ3n) is 4.96. The van der Waals surface area contributed by atoms with Crippen LogP contribution in [0.25, 0.3) is 0 Å². The number of hydrogen-bond donors (Lipinski definition) is 2. The molecule has 2 N–H and O–H groups in total. The van der Waals surface area contributed by atoms with E-state index in [0.29, 0.717) is 29.9 Å². The highest BCUT2D eigenvalue weighted by molar-refractivity contribution is 8.77. The molecule has 2 aliphatic rings. The largest absolute Gasteiger partial charge is 0.478 e. The Hall–Kier alpha value is -1.35. The second-order valence-corrected chi connectivity index (χ2v) is 9.73. The van der Waals surface area contributed by atoms with Crippen LogP contribution in [0.2, 0.25) is 0 Å². The summed E-state index contributed by atoms with van der Waals surface area (Å²) in [5.41, 5.74) is 1.09. The number of nitrogens with zero attached hydrogens (tertiary/aromatic N) is 1. The van der Waals surface area contributed by atoms with Crippen molar-refractivity contribution in [3.05, 3.63) is 47.3 Å². The standard InChI is InChI=1S/C20H24FNO4S2/c21-16-4-2-1-3-14(16)12-22-8-7-17(28-27-10-9-23)15(11-18(24)25)19(22)20(26)13-5-6-13/h1-4,11,13,17,19,23H,5-10,12H2,(H,24,25)/b15-11+. The quantitative estimate of drug-likeness (QED) is 0.358. The Kier molecular flexibility index (Phi) is 7.56. The van der Waals surface area contributed by atoms with Crippen molar-refractivity contribution in [2.75, 3.05) is 18.9 Å². The van der Waals surface area contributed by atoms with Gasteiger partial charge in [0.1, 0.15) is 5.82 Å². The van der Waals surface area contributed by atoms with E-state index in [-0.39, 0.29) is 35.9 Å². The van der Waals surface area contributed by atoms with E-state index < -0.39 is 12.0 Å². The van der Waals surface area contributed by atoms with Crippen LogP contribution in [0.1, 0.15) is 24.8 Å². The minimum atomic E-state index is -1.07. The Morgan fingerprint density at radius 2 is 2.00 bits per heavy atom. The summed E-state index contributed by atoms with van der Waals surface area (Å²) in [5, 5.41) is 18.3. The number of piperidine rings is 1. The first-order chi connectivity index (χ1) is 13.5. The SMILES string of the molecule is O=C(O)/C=C1\C(SSCCO)CCN(Cc2ccccc2F)C1C(=O)C1CC1. The number of carbonyl (C=O) groups excluding carboxylic acids is 1. The van der Waals surface area contributed by atoms with Gasteiger partial charge in [0.2, 0.25) is 0 Å². The number of rotatable bonds is 9. The Morgan fingerprint density at radius 3 is 2.64 bits per heavy atom. The van der Waals surface area contributed by atoms with Gasteiger partial charge in [-0.1, -0.05) is 39.8 Å². The summed E-state index contributed by atoms with van der Waals surface area (Å²) >= 11 is 0. The van der Waals surface area contributed by atoms with Crippen molar-refractivity contribution in [3.63, 3.8) is 0 Å². The van der Waals surface area contributed by atoms with Gasteiger partial charge in [0.15, 0.2) is 5.78 Å². The number of carboxylic acid groups (broad SMARTS) is 1. The van der Waals surface area contributed by atoms with Crippen LogP contribution < -0.4 is 0 Å². The minimum Gasteiger partial charge on any atom is -0.478 e. The molecule has 2 fully saturated rings. The molecule has 1 aromatic carbocycles. The zero-order chi connectivity index (χ0) is 20.1. The van der Waals surface area contributed by atoms with Crippen molar-refractivity contribution >= 4 is 33.3 Å². The van der Waals surface area contributed by atoms with Crippen LogP contribution in [0.15, 0.2) is 35.9 Å². The number of hydrogen-bond acceptors (Lipinski definition) is 6. The number of carbonyl (C=O) groups is 2. The Bertz CT molecular complexity index is 753. The van der Waals surface area contributed by atoms with Crippen LogP contribution in [0.5, 0.6) is 0 Å². The van der Waals surface area contributed by atoms with E-state index in [1.807, 2.05) is 4.90 Å². The number of benzene rings is 1. The topological polar surface area (TPSA) is 77.8 Å². The van der Waals surface area contributed by atoms with Crippen LogP contribution in [-0.2, 0) is 16.1 Å². The van der Waals surface area contributed by atoms with Crippen LogP contribution in [0, 0.1) is 11.7 Å². The van der Waals surface area contributed by atoms with E-state index in [2.05, 4.69) is 0 Å². The lowest BCUT2D eigenvalue weighted by Crippen LogP contribution is -2.50. The normalized spacial score (nSPS) is 24.4. The molecular weight excluding hydrogens is 401 g/mol. The molecule has 0 bridgehead atoms. The number of aliphatic hydroxyl groups excluding tert-OH is 1. The fourth-order valence-corrected chi connectivity index (χ4v) is 5.97. The molecule has 0 spiro atoms. The molecule has 3 rings (SSSR count). The molecular formula is C20H24FNO4S2. The van der Waals surface area contributed by atoms with Gasteiger partial charge >= 0.3 is 5.97 Å². The maximum absolute atomic E-state index is 14.2. The molecule has 8 heteroatoms. The van der Waals surface area contributed by atoms with E-state index in [4.69, 9.17) is 5.11 Å². The molecule has 1 aromatic rings. The molecule has 2 atom stereocenters. The molecule has 1 aliphatic heterocycles. The van der Waals surface area contributed by atoms with Gasteiger partial charge in [-0.25, -0.2) is 9.18 Å². The number of carboxylic acids is 1. The molecule has 28 heavy (non-hydrogen) atoms. The zero-order valence-corrected chi connectivity index (χ0v) is 17.1. The lowest BCUT2D eigenvalue weighted by atomic mass is 9.89. The fraction of sp³-hybridized carbons (Fsp3) is 0.500. The highest BCUT2D eigenvalue weighted by Crippen LogP contribution is 2.42. The Balaban J connectivity index is 1.88. The summed E-state index contributed by atoms with van der Waals surface area (Å²) in [5.74, 6) is -0.838. The second kappa shape index (κ2) is 9.91. The maximum Gasteiger partial charge on any atom is 0.328 e. The van der Waals surface area contributed by atoms with Gasteiger partial charge in [0.05, 0.1) is 12.6 Å². The first-order valence-corrected chi connectivity index (χ1v) is 11.7. The number of likely N-dealkylation sites (tertiary alicyclic amines) is 1. The van der Waals surface area contributed by atoms with Crippen LogP contribution in [-0.4, -0.2) is 57.1 Å². The predicted octanol–water partition coefficient (Wildman–Crippen LogP) is 3.13. The minimum absolute atomic E-state index is 0.0286. The third-order valence-corrected chi connectivity index (χ3v) is 7.79. The van der Waals surface area contributed by atoms with Crippen molar-refractivity contribution in [2.24, 2.45) is 5.92 Å². The molecule has 0 aromatic heterocycles. The third kappa shape index (κ3) is 5.37. The molecule has 1 saturated heterocycles. The molecule has 1 heterocycles. The molecule has 5 nitrogen and oxygen atoms in total. The van der Waals surface area contributed by atoms with E-state index in [9.17, 15) is 19.1 Å². The fourth-order valence-electron chi connectivity index (χ4n) is 3.50. The van der Waals surface area contributed by atoms with E-state index in [1.54, 1.807) is 18.2 Å². The average molecular weight is 426 g/mol. The monoisotopic (exact) mass is 425 g/mol. The molecule has 2 unspecified atom stereocenters. The highest BCUT2D eigenvalue weighted by Gasteiger charge is 2.44. The van der Waals surface area contributed by atoms with Gasteiger partial charge in [-0.05, 0) is 30.9 Å². The van der Waals surface area contributed by atoms with E-state index >= 15 is 0 Å². The number of aliphatic carboxylic acids is 1. The van der Waals surface area contributed by atoms with Gasteiger partial charge in [-0.15, -0.1) is 0 Å². The molecule has 1 saturated carbocycles. The van der Waals surface area contributed by atoms with Crippen LogP contribution in [0.4, 0.5) is 4.39 Å². The van der Waals surface area contributed by atoms with Gasteiger partial charge in [-0.3, -0.25) is 9.69 Å². The first kappa shape index (κ1) is 21.4. The number of halogens is 1. The summed E-state index contributed by atoms with van der Waals surface area (Å²) in [6.45, 7) is 0.909. The summed E-state index contributed by atoms with van der Waals surface area (Å²) < 4.78 is 14.2. The van der Waals surface area contributed by atoms with Gasteiger partial charge in [-0.2, -0.15) is 0 Å². The lowest BCUT2D eigenvalue weighted by Gasteiger charge is -2.40. The van der Waals surface area contributed by atoms with Crippen molar-refractivity contribution in [1.82, 2.24) is 4.90 Å². The molecule has 152 valence electrons. The smallest absolute Gasteiger partial charge is 0.328 e. The molecule has 0 radical (unpaired) electrons. The average Bonchev–Trinajstić information content (AvgIpc) is 3.50. The number of Topliss-reactive ketones (excluding diaryl/α,β-unsaturated/α-hetero) is 1. The van der Waals surface area contributed by atoms with Gasteiger partial charge in [0.25, 0.3) is 0 Å². The lowest BCUT2D eigenvalue weighted by molar-refractivity contribution is -0.131. The summed E-state index contributed by atoms with van der Waals surface area (Å²) in [6.07, 6.45) is 3.50. The van der Waals surface area contributed by atoms with Crippen molar-refractivity contribution < 1.29 is 24.2 Å². The van der Waals surface area contributed by atoms with Crippen molar-refractivity contribution in [1.29, 1.82) is 0 Å². The summed E-state index contributed by atoms with van der Waals surface area (Å²) in [6, 6.07) is 5.85. The summed E-state index contributed by atoms with van der Waals surface area (Å²) in [4.78, 5) is 26.5. The summed E-state index contributed by atoms with van der Waals surface area (Å²) in [7, 11) is 2.99. The molecule has 0 amide bonds. The number of aliphatic hydroxyl groups is 1. The van der Waals surface area contributed by atoms with E-state index in [0.717, 1.165) is 18.9 Å². The first-order valence-electron chi connectivity index (χ1n) is 9.36. The van der Waals surface area contributed by atoms with Gasteiger partial charge < -0.3 is 10.2 Å². The maximum atomic E-state index is 14.2. The number of ketones is 1. The second-order valence-electron chi connectivity index (χ2n) is 7.04. The predicted molar refractivity (Wildman–Crippen MR) is 110 cm³/mol. The zero-order valence-electron chi connectivity index (χ0n) is 15.4. The van der Waals surface area contributed by atoms with Crippen LogP contribution >= 0.6 is 21.6 Å². The van der Waals surface area contributed by atoms with Crippen molar-refractivity contribution in [2.45, 2.75) is 37.1 Å². The van der Waals surface area contributed by atoms with Gasteiger partial charge in [0, 0.05) is 41.6 Å². The van der Waals surface area contributed by atoms with Crippen molar-refractivity contribution in [3.8, 4) is 0 Å². The Labute approximate surface area is 171 Å².